The van der Waals surface area contributed by atoms with Gasteiger partial charge in [-0.1, -0.05) is 30.3 Å². The minimum Gasteiger partial charge on any atom is -0.315 e. The Morgan fingerprint density at radius 3 is 2.93 bits per heavy atom. The number of benzene rings is 1. The molecule has 2 fully saturated rings. The van der Waals surface area contributed by atoms with Crippen molar-refractivity contribution in [1.29, 1.82) is 0 Å². The number of nitrogens with zero attached hydrogens (tertiary/aromatic N) is 1. The summed E-state index contributed by atoms with van der Waals surface area (Å²) in [6, 6.07) is 12.5. The van der Waals surface area contributed by atoms with Gasteiger partial charge >= 0.3 is 0 Å². The van der Waals surface area contributed by atoms with E-state index >= 15 is 0 Å². The van der Waals surface area contributed by atoms with Crippen LogP contribution in [0.15, 0.2) is 30.3 Å². The van der Waals surface area contributed by atoms with Gasteiger partial charge in [-0.15, -0.1) is 0 Å². The predicted octanol–water partition coefficient (Wildman–Crippen LogP) is 1.62. The molecule has 1 aromatic rings. The van der Waals surface area contributed by atoms with Crippen LogP contribution in [0.5, 0.6) is 0 Å². The van der Waals surface area contributed by atoms with Crippen molar-refractivity contribution < 1.29 is 0 Å². The summed E-state index contributed by atoms with van der Waals surface area (Å²) in [6.07, 6.45) is 2.73. The van der Waals surface area contributed by atoms with E-state index in [1.54, 1.807) is 0 Å². The summed E-state index contributed by atoms with van der Waals surface area (Å²) < 4.78 is 0. The molecule has 2 unspecified atom stereocenters. The Kier molecular flexibility index (Phi) is 2.47. The van der Waals surface area contributed by atoms with Gasteiger partial charge in [0.1, 0.15) is 0 Å². The summed E-state index contributed by atoms with van der Waals surface area (Å²) in [6.45, 7) is 3.52. The molecule has 3 rings (SSSR count). The molecule has 0 amide bonds. The molecule has 2 saturated heterocycles. The highest BCUT2D eigenvalue weighted by atomic mass is 15.3. The zero-order chi connectivity index (χ0) is 10.1. The summed E-state index contributed by atoms with van der Waals surface area (Å²) in [5.74, 6) is 0. The zero-order valence-corrected chi connectivity index (χ0v) is 9.02. The third kappa shape index (κ3) is 1.80. The standard InChI is InChI=1S/C13H18N2/c1-2-4-11(5-3-1)10-15-12-6-7-14-9-13(15)8-12/h1-5,12-14H,6-10H2. The first-order chi connectivity index (χ1) is 7.43. The van der Waals surface area contributed by atoms with Gasteiger partial charge in [0, 0.05) is 25.2 Å². The average molecular weight is 202 g/mol. The fraction of sp³-hybridized carbons (Fsp3) is 0.538. The van der Waals surface area contributed by atoms with Crippen LogP contribution in [-0.2, 0) is 6.54 Å². The minimum atomic E-state index is 0.790. The second-order valence-corrected chi connectivity index (χ2v) is 4.69. The normalized spacial score (nSPS) is 30.7. The molecule has 15 heavy (non-hydrogen) atoms. The average Bonchev–Trinajstić information content (AvgIpc) is 2.62. The van der Waals surface area contributed by atoms with Crippen molar-refractivity contribution in [3.63, 3.8) is 0 Å². The van der Waals surface area contributed by atoms with E-state index < -0.39 is 0 Å². The molecule has 2 nitrogen and oxygen atoms in total. The maximum atomic E-state index is 3.51. The lowest BCUT2D eigenvalue weighted by Crippen LogP contribution is -2.56. The van der Waals surface area contributed by atoms with Gasteiger partial charge < -0.3 is 5.32 Å². The molecule has 2 bridgehead atoms. The quantitative estimate of drug-likeness (QED) is 0.784. The number of rotatable bonds is 2. The Bertz CT molecular complexity index is 307. The van der Waals surface area contributed by atoms with Gasteiger partial charge in [-0.05, 0) is 24.9 Å². The Hall–Kier alpha value is -0.860. The van der Waals surface area contributed by atoms with Crippen LogP contribution in [0.4, 0.5) is 0 Å². The molecule has 0 saturated carbocycles. The summed E-state index contributed by atoms with van der Waals surface area (Å²) in [5.41, 5.74) is 1.45. The van der Waals surface area contributed by atoms with E-state index in [2.05, 4.69) is 40.5 Å². The van der Waals surface area contributed by atoms with E-state index in [9.17, 15) is 0 Å². The molecule has 0 radical (unpaired) electrons. The molecule has 1 aromatic carbocycles. The van der Waals surface area contributed by atoms with Gasteiger partial charge in [-0.2, -0.15) is 0 Å². The van der Waals surface area contributed by atoms with Gasteiger partial charge in [0.25, 0.3) is 0 Å². The number of hydrogen-bond acceptors (Lipinski definition) is 2. The molecule has 1 N–H and O–H groups in total. The summed E-state index contributed by atoms with van der Waals surface area (Å²) in [4.78, 5) is 2.66. The fourth-order valence-electron chi connectivity index (χ4n) is 2.82. The van der Waals surface area contributed by atoms with Crippen LogP contribution in [0.3, 0.4) is 0 Å². The van der Waals surface area contributed by atoms with E-state index in [1.165, 1.54) is 31.5 Å². The molecule has 2 atom stereocenters. The van der Waals surface area contributed by atoms with Crippen molar-refractivity contribution in [3.05, 3.63) is 35.9 Å². The van der Waals surface area contributed by atoms with Gasteiger partial charge in [0.2, 0.25) is 0 Å². The van der Waals surface area contributed by atoms with Crippen LogP contribution < -0.4 is 5.32 Å². The molecule has 0 aromatic heterocycles. The number of fused-ring (bicyclic) bond motifs is 2. The van der Waals surface area contributed by atoms with E-state index in [4.69, 9.17) is 0 Å². The van der Waals surface area contributed by atoms with E-state index in [1.807, 2.05) is 0 Å². The Balaban J connectivity index is 1.69. The lowest BCUT2D eigenvalue weighted by Gasteiger charge is -2.47. The second kappa shape index (κ2) is 3.95. The van der Waals surface area contributed by atoms with Crippen LogP contribution >= 0.6 is 0 Å². The van der Waals surface area contributed by atoms with E-state index in [0.717, 1.165) is 18.6 Å². The van der Waals surface area contributed by atoms with Gasteiger partial charge in [0.05, 0.1) is 0 Å². The second-order valence-electron chi connectivity index (χ2n) is 4.69. The van der Waals surface area contributed by atoms with Crippen molar-refractivity contribution in [2.75, 3.05) is 13.1 Å². The van der Waals surface area contributed by atoms with Crippen molar-refractivity contribution in [1.82, 2.24) is 10.2 Å². The molecule has 80 valence electrons. The van der Waals surface area contributed by atoms with Crippen LogP contribution in [0.25, 0.3) is 0 Å². The highest BCUT2D eigenvalue weighted by Crippen LogP contribution is 2.31. The van der Waals surface area contributed by atoms with E-state index in [-0.39, 0.29) is 0 Å². The van der Waals surface area contributed by atoms with Crippen LogP contribution in [0, 0.1) is 0 Å². The minimum absolute atomic E-state index is 0.790. The summed E-state index contributed by atoms with van der Waals surface area (Å²) in [5, 5.41) is 3.51. The third-order valence-electron chi connectivity index (χ3n) is 3.72. The van der Waals surface area contributed by atoms with Crippen LogP contribution in [-0.4, -0.2) is 30.1 Å². The van der Waals surface area contributed by atoms with E-state index in [0.29, 0.717) is 0 Å². The highest BCUT2D eigenvalue weighted by Gasteiger charge is 2.38. The fourth-order valence-corrected chi connectivity index (χ4v) is 2.82. The van der Waals surface area contributed by atoms with Gasteiger partial charge in [-0.25, -0.2) is 0 Å². The molecule has 2 aliphatic heterocycles. The molecule has 2 heteroatoms. The highest BCUT2D eigenvalue weighted by molar-refractivity contribution is 5.16. The van der Waals surface area contributed by atoms with Crippen molar-refractivity contribution in [2.24, 2.45) is 0 Å². The van der Waals surface area contributed by atoms with Crippen molar-refractivity contribution in [2.45, 2.75) is 31.5 Å². The van der Waals surface area contributed by atoms with Gasteiger partial charge in [-0.3, -0.25) is 4.90 Å². The molecule has 0 aliphatic carbocycles. The predicted molar refractivity (Wildman–Crippen MR) is 61.7 cm³/mol. The molecular weight excluding hydrogens is 184 g/mol. The largest absolute Gasteiger partial charge is 0.315 e. The zero-order valence-electron chi connectivity index (χ0n) is 9.02. The first-order valence-electron chi connectivity index (χ1n) is 5.94. The maximum Gasteiger partial charge on any atom is 0.0242 e. The maximum absolute atomic E-state index is 3.51. The molecular formula is C13H18N2. The number of nitrogens with one attached hydrogen (secondary N) is 1. The Morgan fingerprint density at radius 2 is 2.07 bits per heavy atom. The first-order valence-corrected chi connectivity index (χ1v) is 5.94. The van der Waals surface area contributed by atoms with Crippen LogP contribution in [0.2, 0.25) is 0 Å². The lowest BCUT2D eigenvalue weighted by molar-refractivity contribution is 0.0190. The SMILES string of the molecule is c1ccc(CN2C3CCNCC2C3)cc1. The number of hydrogen-bond donors (Lipinski definition) is 1. The first kappa shape index (κ1) is 9.37. The lowest BCUT2D eigenvalue weighted by atomic mass is 9.91. The van der Waals surface area contributed by atoms with Crippen molar-refractivity contribution in [3.8, 4) is 0 Å². The smallest absolute Gasteiger partial charge is 0.0242 e. The molecule has 0 spiro atoms. The topological polar surface area (TPSA) is 15.3 Å². The summed E-state index contributed by atoms with van der Waals surface area (Å²) in [7, 11) is 0. The monoisotopic (exact) mass is 202 g/mol. The Morgan fingerprint density at radius 1 is 1.20 bits per heavy atom. The molecule has 2 heterocycles. The van der Waals surface area contributed by atoms with Crippen LogP contribution in [0.1, 0.15) is 18.4 Å². The van der Waals surface area contributed by atoms with Gasteiger partial charge in [0.15, 0.2) is 0 Å². The molecule has 2 aliphatic rings. The van der Waals surface area contributed by atoms with Crippen molar-refractivity contribution >= 4 is 0 Å². The summed E-state index contributed by atoms with van der Waals surface area (Å²) >= 11 is 0. The third-order valence-corrected chi connectivity index (χ3v) is 3.72. The Labute approximate surface area is 91.3 Å².